The van der Waals surface area contributed by atoms with E-state index >= 15 is 0 Å². The van der Waals surface area contributed by atoms with Gasteiger partial charge in [0, 0.05) is 6.54 Å². The van der Waals surface area contributed by atoms with E-state index in [1.165, 1.54) is 19.9 Å². The number of amides is 3. The first-order chi connectivity index (χ1) is 17.7. The summed E-state index contributed by atoms with van der Waals surface area (Å²) in [6.45, 7) is 3.11. The highest BCUT2D eigenvalue weighted by atomic mass is 16.4. The molecule has 6 unspecified atom stereocenters. The number of carboxylic acid groups (broad SMARTS) is 1. The van der Waals surface area contributed by atoms with Gasteiger partial charge in [0.15, 0.2) is 17.5 Å². The Balaban J connectivity index is 1.93. The van der Waals surface area contributed by atoms with Crippen LogP contribution >= 0.6 is 0 Å². The summed E-state index contributed by atoms with van der Waals surface area (Å²) < 4.78 is 0. The van der Waals surface area contributed by atoms with E-state index in [1.54, 1.807) is 6.08 Å². The van der Waals surface area contributed by atoms with Gasteiger partial charge in [-0.2, -0.15) is 0 Å². The second-order valence-electron chi connectivity index (χ2n) is 8.86. The van der Waals surface area contributed by atoms with Crippen LogP contribution in [0.1, 0.15) is 31.9 Å². The number of carboxylic acids is 1. The summed E-state index contributed by atoms with van der Waals surface area (Å²) in [7, 11) is 0. The van der Waals surface area contributed by atoms with Crippen LogP contribution in [0.15, 0.2) is 29.8 Å². The van der Waals surface area contributed by atoms with Crippen molar-refractivity contribution in [1.82, 2.24) is 21.3 Å². The first kappa shape index (κ1) is 30.0. The van der Waals surface area contributed by atoms with E-state index in [9.17, 15) is 39.6 Å². The van der Waals surface area contributed by atoms with Crippen molar-refractivity contribution < 1.29 is 39.6 Å². The number of hydrogen-bond donors (Lipinski definition) is 11. The van der Waals surface area contributed by atoms with Crippen LogP contribution < -0.4 is 32.7 Å². The minimum absolute atomic E-state index is 0.0869. The molecule has 0 radical (unpaired) electrons. The monoisotopic (exact) mass is 535 g/mol. The van der Waals surface area contributed by atoms with Gasteiger partial charge >= 0.3 is 5.97 Å². The van der Waals surface area contributed by atoms with Crippen LogP contribution in [0, 0.1) is 5.41 Å². The fraction of sp³-hybridized carbons (Fsp3) is 0.435. The Morgan fingerprint density at radius 3 is 2.18 bits per heavy atom. The molecule has 208 valence electrons. The molecule has 0 spiro atoms. The van der Waals surface area contributed by atoms with E-state index < -0.39 is 71.5 Å². The Labute approximate surface area is 217 Å². The van der Waals surface area contributed by atoms with Crippen LogP contribution in [0.25, 0.3) is 0 Å². The SMILES string of the molecule is CC(NC(=O)C(N)CC1=CCNC1C(=N)N)C(=O)NC(C)C(=O)NC(C(=O)O)C(O)c1ccc(O)c(O)c1. The maximum Gasteiger partial charge on any atom is 0.329 e. The maximum atomic E-state index is 12.5. The van der Waals surface area contributed by atoms with Crippen molar-refractivity contribution >= 4 is 29.5 Å². The molecular formula is C23H33N7O8. The van der Waals surface area contributed by atoms with Gasteiger partial charge in [-0.05, 0) is 43.5 Å². The van der Waals surface area contributed by atoms with Crippen LogP contribution in [0.5, 0.6) is 11.5 Å². The van der Waals surface area contributed by atoms with Gasteiger partial charge in [0.05, 0.1) is 12.1 Å². The van der Waals surface area contributed by atoms with Crippen molar-refractivity contribution in [1.29, 1.82) is 5.41 Å². The van der Waals surface area contributed by atoms with Crippen molar-refractivity contribution in [2.45, 2.75) is 56.6 Å². The minimum atomic E-state index is -1.85. The minimum Gasteiger partial charge on any atom is -0.504 e. The summed E-state index contributed by atoms with van der Waals surface area (Å²) in [5.41, 5.74) is 12.1. The highest BCUT2D eigenvalue weighted by molar-refractivity contribution is 5.94. The second kappa shape index (κ2) is 12.8. The third-order valence-electron chi connectivity index (χ3n) is 5.89. The molecule has 0 fully saturated rings. The average Bonchev–Trinajstić information content (AvgIpc) is 3.31. The topological polar surface area (TPSA) is 273 Å². The molecule has 1 heterocycles. The second-order valence-corrected chi connectivity index (χ2v) is 8.86. The lowest BCUT2D eigenvalue weighted by atomic mass is 10.00. The zero-order valence-electron chi connectivity index (χ0n) is 20.8. The number of benzene rings is 1. The number of aliphatic hydroxyl groups is 1. The summed E-state index contributed by atoms with van der Waals surface area (Å²) in [5.74, 6) is -5.13. The first-order valence-corrected chi connectivity index (χ1v) is 11.6. The summed E-state index contributed by atoms with van der Waals surface area (Å²) in [5, 5.41) is 56.3. The largest absolute Gasteiger partial charge is 0.504 e. The lowest BCUT2D eigenvalue weighted by Gasteiger charge is -2.24. The van der Waals surface area contributed by atoms with Crippen LogP contribution in [0.3, 0.4) is 0 Å². The van der Waals surface area contributed by atoms with E-state index in [-0.39, 0.29) is 17.8 Å². The molecule has 6 atom stereocenters. The first-order valence-electron chi connectivity index (χ1n) is 11.6. The standard InChI is InChI=1S/C23H33N7O8/c1-9(29-22(36)13(24)7-11-5-6-27-16(11)19(25)26)20(34)28-10(2)21(35)30-17(23(37)38)18(33)12-3-4-14(31)15(32)8-12/h3-5,8-10,13,16-18,27,31-33H,6-7,24H2,1-2H3,(H3,25,26)(H,28,34)(H,29,36)(H,30,35)(H,37,38). The van der Waals surface area contributed by atoms with Gasteiger partial charge in [-0.1, -0.05) is 12.1 Å². The van der Waals surface area contributed by atoms with E-state index in [2.05, 4.69) is 21.3 Å². The molecule has 15 nitrogen and oxygen atoms in total. The number of carbonyl (C=O) groups excluding carboxylic acids is 3. The number of aliphatic hydroxyl groups excluding tert-OH is 1. The molecule has 1 aliphatic heterocycles. The molecule has 38 heavy (non-hydrogen) atoms. The van der Waals surface area contributed by atoms with Crippen molar-refractivity contribution in [2.24, 2.45) is 11.5 Å². The molecule has 3 amide bonds. The van der Waals surface area contributed by atoms with Gasteiger partial charge in [0.1, 0.15) is 24.0 Å². The zero-order valence-corrected chi connectivity index (χ0v) is 20.8. The smallest absolute Gasteiger partial charge is 0.329 e. The number of hydrogen-bond acceptors (Lipinski definition) is 10. The van der Waals surface area contributed by atoms with Crippen LogP contribution in [-0.4, -0.2) is 86.7 Å². The van der Waals surface area contributed by atoms with Gasteiger partial charge in [0.25, 0.3) is 0 Å². The van der Waals surface area contributed by atoms with Gasteiger partial charge < -0.3 is 53.2 Å². The van der Waals surface area contributed by atoms with Gasteiger partial charge in [-0.3, -0.25) is 19.8 Å². The van der Waals surface area contributed by atoms with Gasteiger partial charge in [0.2, 0.25) is 17.7 Å². The molecule has 15 heteroatoms. The van der Waals surface area contributed by atoms with E-state index in [0.29, 0.717) is 12.1 Å². The van der Waals surface area contributed by atoms with E-state index in [1.807, 2.05) is 0 Å². The number of aliphatic carboxylic acids is 1. The number of carbonyl (C=O) groups is 4. The maximum absolute atomic E-state index is 12.5. The molecule has 1 aliphatic rings. The fourth-order valence-corrected chi connectivity index (χ4v) is 3.68. The Bertz CT molecular complexity index is 1120. The summed E-state index contributed by atoms with van der Waals surface area (Å²) in [6.07, 6.45) is 0.0910. The molecular weight excluding hydrogens is 502 g/mol. The molecule has 2 rings (SSSR count). The summed E-state index contributed by atoms with van der Waals surface area (Å²) >= 11 is 0. The molecule has 0 aliphatic carbocycles. The predicted molar refractivity (Wildman–Crippen MR) is 134 cm³/mol. The molecule has 0 saturated carbocycles. The van der Waals surface area contributed by atoms with Crippen molar-refractivity contribution in [3.8, 4) is 11.5 Å². The highest BCUT2D eigenvalue weighted by Gasteiger charge is 2.32. The number of aromatic hydroxyl groups is 2. The summed E-state index contributed by atoms with van der Waals surface area (Å²) in [4.78, 5) is 49.2. The number of phenolic OH excluding ortho intramolecular Hbond substituents is 2. The zero-order chi connectivity index (χ0) is 28.7. The number of nitrogens with one attached hydrogen (secondary N) is 5. The number of nitrogens with two attached hydrogens (primary N) is 2. The lowest BCUT2D eigenvalue weighted by molar-refractivity contribution is -0.145. The number of rotatable bonds is 12. The van der Waals surface area contributed by atoms with Crippen LogP contribution in [-0.2, 0) is 19.2 Å². The Hall–Kier alpha value is -4.21. The summed E-state index contributed by atoms with van der Waals surface area (Å²) in [6, 6.07) is -2.60. The number of amidine groups is 1. The average molecular weight is 536 g/mol. The Kier molecular flexibility index (Phi) is 10.1. The van der Waals surface area contributed by atoms with Crippen molar-refractivity contribution in [3.05, 3.63) is 35.4 Å². The molecule has 1 aromatic carbocycles. The number of phenols is 2. The molecule has 1 aromatic rings. The van der Waals surface area contributed by atoms with Crippen molar-refractivity contribution in [2.75, 3.05) is 6.54 Å². The molecule has 0 aromatic heterocycles. The van der Waals surface area contributed by atoms with E-state index in [4.69, 9.17) is 16.9 Å². The van der Waals surface area contributed by atoms with Crippen molar-refractivity contribution in [3.63, 3.8) is 0 Å². The quantitative estimate of drug-likeness (QED) is 0.0565. The van der Waals surface area contributed by atoms with Gasteiger partial charge in [-0.25, -0.2) is 4.79 Å². The molecule has 13 N–H and O–H groups in total. The normalized spacial score (nSPS) is 18.7. The van der Waals surface area contributed by atoms with E-state index in [0.717, 1.165) is 12.1 Å². The third kappa shape index (κ3) is 7.64. The third-order valence-corrected chi connectivity index (χ3v) is 5.89. The predicted octanol–water partition coefficient (Wildman–Crippen LogP) is -2.74. The highest BCUT2D eigenvalue weighted by Crippen LogP contribution is 2.29. The molecule has 0 saturated heterocycles. The Morgan fingerprint density at radius 2 is 1.63 bits per heavy atom. The fourth-order valence-electron chi connectivity index (χ4n) is 3.68. The Morgan fingerprint density at radius 1 is 1.05 bits per heavy atom. The van der Waals surface area contributed by atoms with Gasteiger partial charge in [-0.15, -0.1) is 0 Å². The van der Waals surface area contributed by atoms with Crippen LogP contribution in [0.4, 0.5) is 0 Å². The lowest BCUT2D eigenvalue weighted by Crippen LogP contribution is -2.56. The van der Waals surface area contributed by atoms with Crippen LogP contribution in [0.2, 0.25) is 0 Å². The molecule has 0 bridgehead atoms.